The van der Waals surface area contributed by atoms with Crippen molar-refractivity contribution in [1.29, 1.82) is 0 Å². The highest BCUT2D eigenvalue weighted by Gasteiger charge is 2.04. The van der Waals surface area contributed by atoms with Gasteiger partial charge in [0.25, 0.3) is 0 Å². The topological polar surface area (TPSA) is 47.6 Å². The van der Waals surface area contributed by atoms with Gasteiger partial charge in [0.15, 0.2) is 0 Å². The third kappa shape index (κ3) is 5.22. The molecule has 0 spiro atoms. The highest BCUT2D eigenvalue weighted by atomic mass is 16.5. The Bertz CT molecular complexity index is 591. The summed E-state index contributed by atoms with van der Waals surface area (Å²) in [4.78, 5) is 12.0. The highest BCUT2D eigenvalue weighted by Crippen LogP contribution is 2.16. The standard InChI is InChI=1S/C18H21NO3/c1-14-3-5-15(6-4-14)13-18(20)19-16-7-9-17(10-8-16)22-12-11-21-2/h3-10H,11-13H2,1-2H3,(H,19,20). The summed E-state index contributed by atoms with van der Waals surface area (Å²) < 4.78 is 10.4. The van der Waals surface area contributed by atoms with Gasteiger partial charge in [-0.05, 0) is 36.8 Å². The minimum atomic E-state index is -0.0306. The number of carbonyl (C=O) groups is 1. The summed E-state index contributed by atoms with van der Waals surface area (Å²) in [7, 11) is 1.63. The quantitative estimate of drug-likeness (QED) is 0.799. The maximum Gasteiger partial charge on any atom is 0.228 e. The molecule has 0 aliphatic heterocycles. The van der Waals surface area contributed by atoms with Crippen LogP contribution in [0.4, 0.5) is 5.69 Å². The molecule has 0 fully saturated rings. The van der Waals surface area contributed by atoms with Gasteiger partial charge in [0.2, 0.25) is 5.91 Å². The number of hydrogen-bond acceptors (Lipinski definition) is 3. The van der Waals surface area contributed by atoms with Crippen LogP contribution < -0.4 is 10.1 Å². The van der Waals surface area contributed by atoms with Crippen LogP contribution in [0.2, 0.25) is 0 Å². The van der Waals surface area contributed by atoms with E-state index >= 15 is 0 Å². The number of aryl methyl sites for hydroxylation is 1. The lowest BCUT2D eigenvalue weighted by Gasteiger charge is -2.08. The number of carbonyl (C=O) groups excluding carboxylic acids is 1. The monoisotopic (exact) mass is 299 g/mol. The van der Waals surface area contributed by atoms with E-state index in [0.29, 0.717) is 19.6 Å². The molecule has 116 valence electrons. The Morgan fingerprint density at radius 1 is 1.00 bits per heavy atom. The summed E-state index contributed by atoms with van der Waals surface area (Å²) in [5, 5.41) is 2.88. The van der Waals surface area contributed by atoms with Gasteiger partial charge in [-0.3, -0.25) is 4.79 Å². The van der Waals surface area contributed by atoms with Crippen molar-refractivity contribution in [3.05, 3.63) is 59.7 Å². The Morgan fingerprint density at radius 2 is 1.68 bits per heavy atom. The molecule has 0 aliphatic carbocycles. The summed E-state index contributed by atoms with van der Waals surface area (Å²) in [6.45, 7) is 3.09. The van der Waals surface area contributed by atoms with Crippen molar-refractivity contribution in [1.82, 2.24) is 0 Å². The summed E-state index contributed by atoms with van der Waals surface area (Å²) in [5.41, 5.74) is 2.95. The number of hydrogen-bond donors (Lipinski definition) is 1. The van der Waals surface area contributed by atoms with Gasteiger partial charge in [-0.2, -0.15) is 0 Å². The lowest BCUT2D eigenvalue weighted by molar-refractivity contribution is -0.115. The van der Waals surface area contributed by atoms with Crippen LogP contribution in [-0.2, 0) is 16.0 Å². The largest absolute Gasteiger partial charge is 0.491 e. The lowest BCUT2D eigenvalue weighted by Crippen LogP contribution is -2.14. The maximum atomic E-state index is 12.0. The Hall–Kier alpha value is -2.33. The van der Waals surface area contributed by atoms with E-state index in [9.17, 15) is 4.79 Å². The third-order valence-corrected chi connectivity index (χ3v) is 3.18. The minimum absolute atomic E-state index is 0.0306. The molecule has 0 bridgehead atoms. The molecule has 0 atom stereocenters. The molecule has 2 rings (SSSR count). The summed E-state index contributed by atoms with van der Waals surface area (Å²) in [5.74, 6) is 0.727. The van der Waals surface area contributed by atoms with E-state index < -0.39 is 0 Å². The van der Waals surface area contributed by atoms with Crippen LogP contribution in [0.1, 0.15) is 11.1 Å². The van der Waals surface area contributed by atoms with Gasteiger partial charge in [0.1, 0.15) is 12.4 Å². The number of nitrogens with one attached hydrogen (secondary N) is 1. The first-order valence-electron chi connectivity index (χ1n) is 7.24. The van der Waals surface area contributed by atoms with Crippen LogP contribution in [0.25, 0.3) is 0 Å². The van der Waals surface area contributed by atoms with Gasteiger partial charge in [0, 0.05) is 12.8 Å². The van der Waals surface area contributed by atoms with Crippen molar-refractivity contribution < 1.29 is 14.3 Å². The second kappa shape index (κ2) is 8.20. The van der Waals surface area contributed by atoms with Crippen molar-refractivity contribution >= 4 is 11.6 Å². The summed E-state index contributed by atoms with van der Waals surface area (Å²) in [6.07, 6.45) is 0.367. The Balaban J connectivity index is 1.84. The van der Waals surface area contributed by atoms with Gasteiger partial charge in [0.05, 0.1) is 13.0 Å². The molecule has 0 radical (unpaired) electrons. The molecule has 4 nitrogen and oxygen atoms in total. The number of methoxy groups -OCH3 is 1. The molecule has 0 saturated carbocycles. The average Bonchev–Trinajstić information content (AvgIpc) is 2.51. The molecular weight excluding hydrogens is 278 g/mol. The number of anilines is 1. The number of rotatable bonds is 7. The van der Waals surface area contributed by atoms with E-state index in [1.165, 1.54) is 5.56 Å². The van der Waals surface area contributed by atoms with Crippen LogP contribution in [0, 0.1) is 6.92 Å². The molecule has 0 heterocycles. The number of benzene rings is 2. The van der Waals surface area contributed by atoms with Gasteiger partial charge in [-0.25, -0.2) is 0 Å². The normalized spacial score (nSPS) is 10.3. The van der Waals surface area contributed by atoms with E-state index in [1.54, 1.807) is 7.11 Å². The molecule has 0 aliphatic rings. The maximum absolute atomic E-state index is 12.0. The second-order valence-corrected chi connectivity index (χ2v) is 5.08. The Labute approximate surface area is 131 Å². The second-order valence-electron chi connectivity index (χ2n) is 5.08. The molecule has 4 heteroatoms. The number of amides is 1. The molecule has 0 saturated heterocycles. The smallest absolute Gasteiger partial charge is 0.228 e. The van der Waals surface area contributed by atoms with Crippen LogP contribution >= 0.6 is 0 Å². The number of ether oxygens (including phenoxy) is 2. The zero-order valence-corrected chi connectivity index (χ0v) is 13.0. The van der Waals surface area contributed by atoms with E-state index in [0.717, 1.165) is 17.0 Å². The molecular formula is C18H21NO3. The van der Waals surface area contributed by atoms with Gasteiger partial charge >= 0.3 is 0 Å². The van der Waals surface area contributed by atoms with E-state index in [4.69, 9.17) is 9.47 Å². The fraction of sp³-hybridized carbons (Fsp3) is 0.278. The molecule has 1 amide bonds. The Morgan fingerprint density at radius 3 is 2.32 bits per heavy atom. The first kappa shape index (κ1) is 16.0. The molecule has 2 aromatic rings. The van der Waals surface area contributed by atoms with E-state index in [2.05, 4.69) is 5.32 Å². The van der Waals surface area contributed by atoms with Crippen LogP contribution in [-0.4, -0.2) is 26.2 Å². The third-order valence-electron chi connectivity index (χ3n) is 3.18. The van der Waals surface area contributed by atoms with Crippen LogP contribution in [0.3, 0.4) is 0 Å². The summed E-state index contributed by atoms with van der Waals surface area (Å²) >= 11 is 0. The van der Waals surface area contributed by atoms with Crippen molar-refractivity contribution in [2.75, 3.05) is 25.6 Å². The van der Waals surface area contributed by atoms with Crippen LogP contribution in [0.15, 0.2) is 48.5 Å². The summed E-state index contributed by atoms with van der Waals surface area (Å²) in [6, 6.07) is 15.3. The highest BCUT2D eigenvalue weighted by molar-refractivity contribution is 5.92. The SMILES string of the molecule is COCCOc1ccc(NC(=O)Cc2ccc(C)cc2)cc1. The fourth-order valence-corrected chi connectivity index (χ4v) is 1.97. The predicted octanol–water partition coefficient (Wildman–Crippen LogP) is 3.20. The molecule has 22 heavy (non-hydrogen) atoms. The molecule has 0 unspecified atom stereocenters. The van der Waals surface area contributed by atoms with Gasteiger partial charge in [-0.15, -0.1) is 0 Å². The lowest BCUT2D eigenvalue weighted by atomic mass is 10.1. The molecule has 2 aromatic carbocycles. The van der Waals surface area contributed by atoms with Crippen molar-refractivity contribution in [3.63, 3.8) is 0 Å². The van der Waals surface area contributed by atoms with Crippen molar-refractivity contribution in [3.8, 4) is 5.75 Å². The first-order valence-corrected chi connectivity index (χ1v) is 7.24. The van der Waals surface area contributed by atoms with Crippen LogP contribution in [0.5, 0.6) is 5.75 Å². The average molecular weight is 299 g/mol. The Kier molecular flexibility index (Phi) is 5.98. The van der Waals surface area contributed by atoms with E-state index in [-0.39, 0.29) is 5.91 Å². The first-order chi connectivity index (χ1) is 10.7. The predicted molar refractivity (Wildman–Crippen MR) is 87.3 cm³/mol. The molecule has 0 aromatic heterocycles. The van der Waals surface area contributed by atoms with Gasteiger partial charge in [-0.1, -0.05) is 29.8 Å². The minimum Gasteiger partial charge on any atom is -0.491 e. The van der Waals surface area contributed by atoms with Crippen molar-refractivity contribution in [2.45, 2.75) is 13.3 Å². The fourth-order valence-electron chi connectivity index (χ4n) is 1.97. The molecule has 1 N–H and O–H groups in total. The van der Waals surface area contributed by atoms with Gasteiger partial charge < -0.3 is 14.8 Å². The zero-order valence-electron chi connectivity index (χ0n) is 13.0. The zero-order chi connectivity index (χ0) is 15.8. The van der Waals surface area contributed by atoms with E-state index in [1.807, 2.05) is 55.5 Å². The van der Waals surface area contributed by atoms with Crippen molar-refractivity contribution in [2.24, 2.45) is 0 Å².